The molecule has 120 valence electrons. The third kappa shape index (κ3) is 3.16. The van der Waals surface area contributed by atoms with Crippen molar-refractivity contribution in [2.24, 2.45) is 0 Å². The maximum Gasteiger partial charge on any atom is 0.257 e. The number of fused-ring (bicyclic) bond motifs is 1. The maximum absolute atomic E-state index is 12.5. The van der Waals surface area contributed by atoms with E-state index in [4.69, 9.17) is 5.11 Å². The van der Waals surface area contributed by atoms with Crippen molar-refractivity contribution in [3.8, 4) is 12.0 Å². The number of thiophene rings is 1. The summed E-state index contributed by atoms with van der Waals surface area (Å²) in [5.74, 6) is 2.06. The average molecular weight is 338 g/mol. The number of aliphatic hydroxyl groups is 1. The second-order valence-corrected chi connectivity index (χ2v) is 6.34. The van der Waals surface area contributed by atoms with Gasteiger partial charge in [0.15, 0.2) is 0 Å². The van der Waals surface area contributed by atoms with Gasteiger partial charge in [-0.15, -0.1) is 11.3 Å². The van der Waals surface area contributed by atoms with Crippen LogP contribution in [0.1, 0.15) is 26.4 Å². The molecule has 2 aromatic heterocycles. The van der Waals surface area contributed by atoms with Gasteiger partial charge in [0, 0.05) is 12.7 Å². The summed E-state index contributed by atoms with van der Waals surface area (Å²) in [6.07, 6.45) is 3.21. The van der Waals surface area contributed by atoms with E-state index >= 15 is 0 Å². The third-order valence-corrected chi connectivity index (χ3v) is 4.55. The molecule has 0 aliphatic rings. The van der Waals surface area contributed by atoms with Gasteiger partial charge in [-0.25, -0.2) is 0 Å². The van der Waals surface area contributed by atoms with Crippen LogP contribution in [-0.2, 0) is 6.54 Å². The van der Waals surface area contributed by atoms with E-state index < -0.39 is 5.91 Å². The molecule has 24 heavy (non-hydrogen) atoms. The van der Waals surface area contributed by atoms with E-state index in [9.17, 15) is 9.59 Å². The standard InChI is InChI=1S/C18H14N2O3S/c1-11-2-4-12(5-3-11)9-19-17(23)15-10-20-18-14(16(15)22)8-13(24-18)6-7-21/h2-5,8,10,21H,9H2,1H3,(H,19,23)(H,20,22). The highest BCUT2D eigenvalue weighted by molar-refractivity contribution is 7.19. The SMILES string of the molecule is Cc1ccc(CNC(=O)c2c[nH]c3sc(C#CO)cc3c2=O)cc1. The number of amides is 1. The molecule has 0 spiro atoms. The van der Waals surface area contributed by atoms with E-state index in [1.165, 1.54) is 17.5 Å². The number of benzene rings is 1. The van der Waals surface area contributed by atoms with Crippen LogP contribution in [0.2, 0.25) is 0 Å². The summed E-state index contributed by atoms with van der Waals surface area (Å²) in [7, 11) is 0. The molecule has 0 fully saturated rings. The first-order valence-electron chi connectivity index (χ1n) is 7.22. The van der Waals surface area contributed by atoms with Gasteiger partial charge in [0.25, 0.3) is 5.91 Å². The molecule has 3 N–H and O–H groups in total. The van der Waals surface area contributed by atoms with Crippen molar-refractivity contribution in [1.29, 1.82) is 0 Å². The highest BCUT2D eigenvalue weighted by Gasteiger charge is 2.14. The minimum Gasteiger partial charge on any atom is -0.462 e. The summed E-state index contributed by atoms with van der Waals surface area (Å²) in [6, 6.07) is 9.37. The number of rotatable bonds is 3. The van der Waals surface area contributed by atoms with E-state index in [0.717, 1.165) is 11.1 Å². The number of carbonyl (C=O) groups excluding carboxylic acids is 1. The van der Waals surface area contributed by atoms with Crippen LogP contribution >= 0.6 is 11.3 Å². The van der Waals surface area contributed by atoms with E-state index in [-0.39, 0.29) is 11.0 Å². The smallest absolute Gasteiger partial charge is 0.257 e. The minimum atomic E-state index is -0.431. The normalized spacial score (nSPS) is 10.2. The van der Waals surface area contributed by atoms with Crippen molar-refractivity contribution in [2.75, 3.05) is 0 Å². The maximum atomic E-state index is 12.5. The van der Waals surface area contributed by atoms with Gasteiger partial charge in [0.2, 0.25) is 5.43 Å². The van der Waals surface area contributed by atoms with Crippen LogP contribution in [0.25, 0.3) is 10.2 Å². The zero-order chi connectivity index (χ0) is 17.1. The molecule has 0 saturated carbocycles. The van der Waals surface area contributed by atoms with Crippen LogP contribution in [-0.4, -0.2) is 16.0 Å². The molecule has 0 bridgehead atoms. The number of hydrogen-bond acceptors (Lipinski definition) is 4. The van der Waals surface area contributed by atoms with Crippen LogP contribution in [0, 0.1) is 19.0 Å². The first kappa shape index (κ1) is 15.8. The zero-order valence-electron chi connectivity index (χ0n) is 12.8. The van der Waals surface area contributed by atoms with Gasteiger partial charge in [0.05, 0.1) is 10.3 Å². The van der Waals surface area contributed by atoms with Crippen molar-refractivity contribution in [3.05, 3.63) is 68.3 Å². The molecule has 6 heteroatoms. The lowest BCUT2D eigenvalue weighted by atomic mass is 10.1. The number of aromatic amines is 1. The molecule has 0 radical (unpaired) electrons. The van der Waals surface area contributed by atoms with E-state index in [2.05, 4.69) is 16.2 Å². The van der Waals surface area contributed by atoms with Crippen molar-refractivity contribution >= 4 is 27.5 Å². The quantitative estimate of drug-likeness (QED) is 0.642. The molecule has 1 amide bonds. The monoisotopic (exact) mass is 338 g/mol. The predicted octanol–water partition coefficient (Wildman–Crippen LogP) is 2.51. The van der Waals surface area contributed by atoms with Crippen LogP contribution in [0.4, 0.5) is 0 Å². The highest BCUT2D eigenvalue weighted by atomic mass is 32.1. The molecule has 0 aliphatic heterocycles. The van der Waals surface area contributed by atoms with Crippen LogP contribution < -0.4 is 10.7 Å². The Morgan fingerprint density at radius 2 is 2.08 bits per heavy atom. The molecule has 0 unspecified atom stereocenters. The zero-order valence-corrected chi connectivity index (χ0v) is 13.7. The molecule has 0 aliphatic carbocycles. The molecule has 5 nitrogen and oxygen atoms in total. The fraction of sp³-hybridized carbons (Fsp3) is 0.111. The fourth-order valence-corrected chi connectivity index (χ4v) is 3.16. The van der Waals surface area contributed by atoms with Gasteiger partial charge >= 0.3 is 0 Å². The predicted molar refractivity (Wildman–Crippen MR) is 93.6 cm³/mol. The lowest BCUT2D eigenvalue weighted by molar-refractivity contribution is 0.0949. The van der Waals surface area contributed by atoms with Crippen LogP contribution in [0.15, 0.2) is 41.3 Å². The molecule has 1 aromatic carbocycles. The Morgan fingerprint density at radius 3 is 2.79 bits per heavy atom. The number of aryl methyl sites for hydroxylation is 1. The van der Waals surface area contributed by atoms with E-state index in [0.29, 0.717) is 21.6 Å². The van der Waals surface area contributed by atoms with Crippen LogP contribution in [0.5, 0.6) is 0 Å². The van der Waals surface area contributed by atoms with Gasteiger partial charge in [-0.2, -0.15) is 0 Å². The summed E-state index contributed by atoms with van der Waals surface area (Å²) in [5.41, 5.74) is 1.80. The summed E-state index contributed by atoms with van der Waals surface area (Å²) in [4.78, 5) is 28.9. The lowest BCUT2D eigenvalue weighted by Crippen LogP contribution is -2.28. The van der Waals surface area contributed by atoms with Crippen LogP contribution in [0.3, 0.4) is 0 Å². The third-order valence-electron chi connectivity index (χ3n) is 3.57. The molecule has 0 saturated heterocycles. The minimum absolute atomic E-state index is 0.0518. The number of aromatic nitrogens is 1. The molecule has 0 atom stereocenters. The first-order chi connectivity index (χ1) is 11.6. The van der Waals surface area contributed by atoms with Crippen molar-refractivity contribution < 1.29 is 9.90 Å². The average Bonchev–Trinajstić information content (AvgIpc) is 2.98. The van der Waals surface area contributed by atoms with Gasteiger partial charge in [0.1, 0.15) is 16.5 Å². The molecular weight excluding hydrogens is 324 g/mol. The van der Waals surface area contributed by atoms with E-state index in [1.54, 1.807) is 6.07 Å². The largest absolute Gasteiger partial charge is 0.462 e. The first-order valence-corrected chi connectivity index (χ1v) is 8.04. The lowest BCUT2D eigenvalue weighted by Gasteiger charge is -2.05. The Hall–Kier alpha value is -3.04. The summed E-state index contributed by atoms with van der Waals surface area (Å²) >= 11 is 1.25. The Labute approximate surface area is 142 Å². The van der Waals surface area contributed by atoms with Gasteiger partial charge in [-0.1, -0.05) is 29.8 Å². The number of nitrogens with one attached hydrogen (secondary N) is 2. The van der Waals surface area contributed by atoms with Gasteiger partial charge in [-0.05, 0) is 24.5 Å². The summed E-state index contributed by atoms with van der Waals surface area (Å²) < 4.78 is 0. The van der Waals surface area contributed by atoms with Crippen molar-refractivity contribution in [3.63, 3.8) is 0 Å². The van der Waals surface area contributed by atoms with Gasteiger partial charge in [-0.3, -0.25) is 9.59 Å². The second-order valence-electron chi connectivity index (χ2n) is 5.29. The molecule has 3 rings (SSSR count). The Balaban J connectivity index is 1.83. The molecule has 2 heterocycles. The van der Waals surface area contributed by atoms with Crippen molar-refractivity contribution in [1.82, 2.24) is 10.3 Å². The number of carbonyl (C=O) groups is 1. The second kappa shape index (κ2) is 6.60. The summed E-state index contributed by atoms with van der Waals surface area (Å²) in [6.45, 7) is 2.34. The fourth-order valence-electron chi connectivity index (χ4n) is 2.28. The Bertz CT molecular complexity index is 1020. The number of pyridine rings is 1. The highest BCUT2D eigenvalue weighted by Crippen LogP contribution is 2.20. The number of aliphatic hydroxyl groups excluding tert-OH is 1. The Morgan fingerprint density at radius 1 is 1.33 bits per heavy atom. The topological polar surface area (TPSA) is 82.2 Å². The number of H-pyrrole nitrogens is 1. The number of hydrogen-bond donors (Lipinski definition) is 3. The molecular formula is C18H14N2O3S. The summed E-state index contributed by atoms with van der Waals surface area (Å²) in [5, 5.41) is 11.8. The van der Waals surface area contributed by atoms with E-state index in [1.807, 2.05) is 37.3 Å². The van der Waals surface area contributed by atoms with Crippen molar-refractivity contribution in [2.45, 2.75) is 13.5 Å². The Kier molecular flexibility index (Phi) is 4.36. The molecule has 3 aromatic rings. The van der Waals surface area contributed by atoms with Gasteiger partial charge < -0.3 is 15.4 Å².